The average Bonchev–Trinajstić information content (AvgIpc) is 3.17. The number of benzene rings is 1. The van der Waals surface area contributed by atoms with Gasteiger partial charge in [0.2, 0.25) is 0 Å². The highest BCUT2D eigenvalue weighted by molar-refractivity contribution is 7.11. The van der Waals surface area contributed by atoms with Crippen LogP contribution in [-0.4, -0.2) is 101 Å². The van der Waals surface area contributed by atoms with E-state index in [0.717, 1.165) is 49.6 Å². The van der Waals surface area contributed by atoms with E-state index in [4.69, 9.17) is 10.5 Å². The molecule has 0 bridgehead atoms. The van der Waals surface area contributed by atoms with Crippen molar-refractivity contribution in [1.29, 1.82) is 5.41 Å². The number of carboxylic acids is 1. The van der Waals surface area contributed by atoms with Crippen LogP contribution >= 0.6 is 11.3 Å². The first-order valence-electron chi connectivity index (χ1n) is 12.2. The van der Waals surface area contributed by atoms with Gasteiger partial charge in [-0.15, -0.1) is 0 Å². The molecule has 0 atom stereocenters. The summed E-state index contributed by atoms with van der Waals surface area (Å²) < 4.78 is 1.72. The predicted molar refractivity (Wildman–Crippen MR) is 142 cm³/mol. The second-order valence-corrected chi connectivity index (χ2v) is 10.1. The lowest BCUT2D eigenvalue weighted by Gasteiger charge is -2.35. The molecule has 3 rings (SSSR count). The van der Waals surface area contributed by atoms with Crippen molar-refractivity contribution in [3.63, 3.8) is 0 Å². The van der Waals surface area contributed by atoms with E-state index < -0.39 is 17.8 Å². The first kappa shape index (κ1) is 28.2. The molecule has 0 spiro atoms. The number of carbonyl (C=O) groups is 3. The molecule has 11 nitrogen and oxygen atoms in total. The summed E-state index contributed by atoms with van der Waals surface area (Å²) in [7, 11) is 5.49. The molecule has 3 N–H and O–H groups in total. The Morgan fingerprint density at radius 2 is 1.73 bits per heavy atom. The summed E-state index contributed by atoms with van der Waals surface area (Å²) in [5.41, 5.74) is 1.82. The van der Waals surface area contributed by atoms with E-state index in [1.165, 1.54) is 0 Å². The minimum Gasteiger partial charge on any atom is -0.481 e. The van der Waals surface area contributed by atoms with Crippen LogP contribution in [0.25, 0.3) is 0 Å². The molecule has 1 saturated heterocycles. The van der Waals surface area contributed by atoms with Crippen LogP contribution in [0.3, 0.4) is 0 Å². The molecule has 200 valence electrons. The van der Waals surface area contributed by atoms with E-state index in [1.54, 1.807) is 35.9 Å². The standard InChI is InChI=1S/C25H35N7O4S/c1-5-31-12-14-32(15-13-31)22(26)17-6-8-18(9-7-17)23(35)28-25-30(4)19(16-29(2)3)21(37-25)24(36)27-11-10-20(33)34/h6-9,26H,5,10-16H2,1-4H3,(H,27,36)(H,33,34). The summed E-state index contributed by atoms with van der Waals surface area (Å²) in [5, 5.41) is 20.0. The molecule has 0 aliphatic carbocycles. The van der Waals surface area contributed by atoms with E-state index in [2.05, 4.69) is 22.1 Å². The van der Waals surface area contributed by atoms with Crippen LogP contribution in [0.5, 0.6) is 0 Å². The normalized spacial score (nSPS) is 14.7. The number of carbonyl (C=O) groups excluding carboxylic acids is 2. The molecule has 2 heterocycles. The largest absolute Gasteiger partial charge is 0.481 e. The lowest BCUT2D eigenvalue weighted by atomic mass is 10.1. The topological polar surface area (TPSA) is 134 Å². The van der Waals surface area contributed by atoms with Crippen LogP contribution in [0.15, 0.2) is 29.3 Å². The third kappa shape index (κ3) is 7.34. The van der Waals surface area contributed by atoms with E-state index in [-0.39, 0.29) is 13.0 Å². The van der Waals surface area contributed by atoms with Gasteiger partial charge < -0.3 is 29.7 Å². The Balaban J connectivity index is 1.78. The molecular formula is C25H35N7O4S. The molecule has 37 heavy (non-hydrogen) atoms. The maximum Gasteiger partial charge on any atom is 0.305 e. The van der Waals surface area contributed by atoms with Crippen molar-refractivity contribution in [2.45, 2.75) is 19.9 Å². The maximum absolute atomic E-state index is 13.0. The molecule has 2 amide bonds. The molecule has 2 aromatic rings. The number of carboxylic acid groups (broad SMARTS) is 1. The monoisotopic (exact) mass is 529 g/mol. The van der Waals surface area contributed by atoms with E-state index in [1.807, 2.05) is 23.9 Å². The second-order valence-electron chi connectivity index (χ2n) is 9.12. The molecule has 12 heteroatoms. The Labute approximate surface area is 220 Å². The maximum atomic E-state index is 13.0. The Kier molecular flexibility index (Phi) is 9.73. The summed E-state index contributed by atoms with van der Waals surface area (Å²) in [4.78, 5) is 47.8. The van der Waals surface area contributed by atoms with Crippen molar-refractivity contribution in [2.75, 3.05) is 53.4 Å². The molecule has 0 radical (unpaired) electrons. The van der Waals surface area contributed by atoms with Crippen molar-refractivity contribution >= 4 is 35.0 Å². The van der Waals surface area contributed by atoms with E-state index >= 15 is 0 Å². The fourth-order valence-electron chi connectivity index (χ4n) is 3.99. The predicted octanol–water partition coefficient (Wildman–Crippen LogP) is 1.06. The minimum absolute atomic E-state index is 0.0121. The number of rotatable bonds is 9. The van der Waals surface area contributed by atoms with Crippen molar-refractivity contribution in [3.8, 4) is 0 Å². The summed E-state index contributed by atoms with van der Waals surface area (Å²) >= 11 is 1.09. The fraction of sp³-hybridized carbons (Fsp3) is 0.480. The first-order chi connectivity index (χ1) is 17.6. The van der Waals surface area contributed by atoms with Crippen LogP contribution in [0.4, 0.5) is 0 Å². The van der Waals surface area contributed by atoms with Crippen LogP contribution in [-0.2, 0) is 18.4 Å². The SMILES string of the molecule is CCN1CCN(C(=N)c2ccc(C(=O)N=c3sc(C(=O)NCCC(=O)O)c(CN(C)C)n3C)cc2)CC1. The lowest BCUT2D eigenvalue weighted by Crippen LogP contribution is -2.48. The molecule has 1 aromatic heterocycles. The van der Waals surface area contributed by atoms with Crippen molar-refractivity contribution < 1.29 is 19.5 Å². The smallest absolute Gasteiger partial charge is 0.305 e. The van der Waals surface area contributed by atoms with Crippen molar-refractivity contribution in [3.05, 3.63) is 50.8 Å². The second kappa shape index (κ2) is 12.7. The number of amidine groups is 1. The fourth-order valence-corrected chi connectivity index (χ4v) is 5.04. The minimum atomic E-state index is -0.993. The number of thiazole rings is 1. The zero-order chi connectivity index (χ0) is 27.1. The van der Waals surface area contributed by atoms with Gasteiger partial charge in [-0.05, 0) is 32.8 Å². The number of hydrogen-bond donors (Lipinski definition) is 3. The zero-order valence-corrected chi connectivity index (χ0v) is 22.6. The number of hydrogen-bond acceptors (Lipinski definition) is 7. The third-order valence-corrected chi connectivity index (χ3v) is 7.35. The summed E-state index contributed by atoms with van der Waals surface area (Å²) in [6.07, 6.45) is -0.176. The third-order valence-electron chi connectivity index (χ3n) is 6.18. The molecule has 0 unspecified atom stereocenters. The van der Waals surface area contributed by atoms with Crippen LogP contribution in [0.2, 0.25) is 0 Å². The van der Waals surface area contributed by atoms with Crippen molar-refractivity contribution in [1.82, 2.24) is 24.6 Å². The molecule has 1 aromatic carbocycles. The van der Waals surface area contributed by atoms with Crippen molar-refractivity contribution in [2.24, 2.45) is 12.0 Å². The van der Waals surface area contributed by atoms with Gasteiger partial charge in [0.1, 0.15) is 10.7 Å². The number of aromatic nitrogens is 1. The Bertz CT molecular complexity index is 1210. The Morgan fingerprint density at radius 3 is 2.30 bits per heavy atom. The number of nitrogens with one attached hydrogen (secondary N) is 2. The van der Waals surface area contributed by atoms with Gasteiger partial charge in [-0.25, -0.2) is 0 Å². The van der Waals surface area contributed by atoms with Gasteiger partial charge in [0.25, 0.3) is 11.8 Å². The zero-order valence-electron chi connectivity index (χ0n) is 21.8. The van der Waals surface area contributed by atoms with Gasteiger partial charge in [0.05, 0.1) is 12.1 Å². The highest BCUT2D eigenvalue weighted by Crippen LogP contribution is 2.15. The molecule has 0 saturated carbocycles. The summed E-state index contributed by atoms with van der Waals surface area (Å²) in [6, 6.07) is 6.88. The quantitative estimate of drug-likeness (QED) is 0.327. The van der Waals surface area contributed by atoms with Gasteiger partial charge >= 0.3 is 5.97 Å². The lowest BCUT2D eigenvalue weighted by molar-refractivity contribution is -0.136. The van der Waals surface area contributed by atoms with Gasteiger partial charge in [-0.2, -0.15) is 4.99 Å². The number of likely N-dealkylation sites (N-methyl/N-ethyl adjacent to an activating group) is 1. The van der Waals surface area contributed by atoms with E-state index in [9.17, 15) is 14.4 Å². The highest BCUT2D eigenvalue weighted by Gasteiger charge is 2.21. The molecule has 1 fully saturated rings. The number of aliphatic carboxylic acids is 1. The van der Waals surface area contributed by atoms with Gasteiger partial charge in [-0.3, -0.25) is 19.8 Å². The molecule has 1 aliphatic rings. The van der Waals surface area contributed by atoms with Gasteiger partial charge in [0, 0.05) is 57.4 Å². The first-order valence-corrected chi connectivity index (χ1v) is 13.0. The molecular weight excluding hydrogens is 494 g/mol. The van der Waals surface area contributed by atoms with Crippen LogP contribution in [0, 0.1) is 5.41 Å². The Morgan fingerprint density at radius 1 is 1.11 bits per heavy atom. The average molecular weight is 530 g/mol. The summed E-state index contributed by atoms with van der Waals surface area (Å²) in [5.74, 6) is -1.38. The van der Waals surface area contributed by atoms with Crippen LogP contribution < -0.4 is 10.1 Å². The number of piperazine rings is 1. The Hall–Kier alpha value is -3.35. The van der Waals surface area contributed by atoms with Gasteiger partial charge in [0.15, 0.2) is 4.80 Å². The number of amides is 2. The summed E-state index contributed by atoms with van der Waals surface area (Å²) in [6.45, 7) is 7.08. The van der Waals surface area contributed by atoms with Gasteiger partial charge in [-0.1, -0.05) is 30.4 Å². The van der Waals surface area contributed by atoms with Crippen LogP contribution in [0.1, 0.15) is 44.6 Å². The van der Waals surface area contributed by atoms with E-state index in [0.29, 0.717) is 33.3 Å². The number of nitrogens with zero attached hydrogens (tertiary/aromatic N) is 5. The highest BCUT2D eigenvalue weighted by atomic mass is 32.1. The molecule has 1 aliphatic heterocycles.